The molecule has 2 heterocycles. The Balaban J connectivity index is 1.87. The third-order valence-corrected chi connectivity index (χ3v) is 3.35. The summed E-state index contributed by atoms with van der Waals surface area (Å²) in [6.45, 7) is 2.63. The van der Waals surface area contributed by atoms with Crippen molar-refractivity contribution in [3.8, 4) is 0 Å². The monoisotopic (exact) mass is 232 g/mol. The van der Waals surface area contributed by atoms with Crippen molar-refractivity contribution in [2.45, 2.75) is 19.4 Å². The van der Waals surface area contributed by atoms with Crippen LogP contribution in [0.3, 0.4) is 0 Å². The Morgan fingerprint density at radius 1 is 1.35 bits per heavy atom. The van der Waals surface area contributed by atoms with Crippen molar-refractivity contribution in [2.75, 3.05) is 18.9 Å². The number of nitrogen functional groups attached to an aromatic ring is 1. The van der Waals surface area contributed by atoms with Crippen LogP contribution in [0.2, 0.25) is 0 Å². The molecule has 1 aliphatic rings. The molecule has 1 aromatic heterocycles. The van der Waals surface area contributed by atoms with Gasteiger partial charge in [0.1, 0.15) is 5.52 Å². The van der Waals surface area contributed by atoms with Gasteiger partial charge >= 0.3 is 0 Å². The Morgan fingerprint density at radius 2 is 2.18 bits per heavy atom. The third-order valence-electron chi connectivity index (χ3n) is 3.35. The zero-order valence-electron chi connectivity index (χ0n) is 9.67. The summed E-state index contributed by atoms with van der Waals surface area (Å²) in [4.78, 5) is 0. The first kappa shape index (κ1) is 10.5. The first-order valence-electron chi connectivity index (χ1n) is 6.00. The molecular formula is C12H16N4O. The summed E-state index contributed by atoms with van der Waals surface area (Å²) >= 11 is 0. The maximum atomic E-state index is 5.87. The Labute approximate surface area is 99.5 Å². The van der Waals surface area contributed by atoms with E-state index in [1.807, 2.05) is 22.9 Å². The summed E-state index contributed by atoms with van der Waals surface area (Å²) < 4.78 is 7.32. The Hall–Kier alpha value is -1.62. The number of benzene rings is 1. The number of aromatic nitrogens is 3. The van der Waals surface area contributed by atoms with Crippen LogP contribution >= 0.6 is 0 Å². The minimum Gasteiger partial charge on any atom is -0.397 e. The average Bonchev–Trinajstić information content (AvgIpc) is 2.76. The Bertz CT molecular complexity index is 516. The number of hydrogen-bond donors (Lipinski definition) is 1. The van der Waals surface area contributed by atoms with E-state index in [1.54, 1.807) is 0 Å². The van der Waals surface area contributed by atoms with Gasteiger partial charge in [-0.05, 0) is 30.9 Å². The summed E-state index contributed by atoms with van der Waals surface area (Å²) in [5.74, 6) is 0.634. The van der Waals surface area contributed by atoms with Gasteiger partial charge in [0, 0.05) is 19.8 Å². The van der Waals surface area contributed by atoms with E-state index in [9.17, 15) is 0 Å². The second kappa shape index (κ2) is 4.33. The first-order chi connectivity index (χ1) is 8.34. The number of rotatable bonds is 2. The van der Waals surface area contributed by atoms with Gasteiger partial charge < -0.3 is 10.5 Å². The SMILES string of the molecule is Nc1cccc2c1nnn2CC1CCOCC1. The number of nitrogens with zero attached hydrogens (tertiary/aromatic N) is 3. The van der Waals surface area contributed by atoms with Crippen LogP contribution in [0.15, 0.2) is 18.2 Å². The highest BCUT2D eigenvalue weighted by Gasteiger charge is 2.16. The van der Waals surface area contributed by atoms with Crippen molar-refractivity contribution >= 4 is 16.7 Å². The molecule has 90 valence electrons. The predicted molar refractivity (Wildman–Crippen MR) is 65.5 cm³/mol. The van der Waals surface area contributed by atoms with E-state index in [-0.39, 0.29) is 0 Å². The lowest BCUT2D eigenvalue weighted by Gasteiger charge is -2.21. The fourth-order valence-corrected chi connectivity index (χ4v) is 2.32. The van der Waals surface area contributed by atoms with Crippen molar-refractivity contribution in [3.63, 3.8) is 0 Å². The smallest absolute Gasteiger partial charge is 0.136 e. The summed E-state index contributed by atoms with van der Waals surface area (Å²) in [6, 6.07) is 5.82. The van der Waals surface area contributed by atoms with Gasteiger partial charge in [0.15, 0.2) is 0 Å². The molecule has 0 saturated carbocycles. The topological polar surface area (TPSA) is 66.0 Å². The fourth-order valence-electron chi connectivity index (χ4n) is 2.32. The zero-order chi connectivity index (χ0) is 11.7. The molecule has 5 heteroatoms. The normalized spacial score (nSPS) is 17.6. The molecule has 0 amide bonds. The van der Waals surface area contributed by atoms with Gasteiger partial charge in [0.2, 0.25) is 0 Å². The lowest BCUT2D eigenvalue weighted by molar-refractivity contribution is 0.0604. The van der Waals surface area contributed by atoms with Crippen LogP contribution in [0.25, 0.3) is 11.0 Å². The molecular weight excluding hydrogens is 216 g/mol. The van der Waals surface area contributed by atoms with E-state index in [0.717, 1.165) is 43.6 Å². The van der Waals surface area contributed by atoms with Crippen LogP contribution in [-0.2, 0) is 11.3 Å². The maximum Gasteiger partial charge on any atom is 0.136 e. The minimum atomic E-state index is 0.634. The van der Waals surface area contributed by atoms with Gasteiger partial charge in [-0.25, -0.2) is 4.68 Å². The number of nitrogens with two attached hydrogens (primary N) is 1. The van der Waals surface area contributed by atoms with Crippen molar-refractivity contribution in [1.82, 2.24) is 15.0 Å². The fraction of sp³-hybridized carbons (Fsp3) is 0.500. The van der Waals surface area contributed by atoms with E-state index in [4.69, 9.17) is 10.5 Å². The molecule has 0 bridgehead atoms. The molecule has 1 fully saturated rings. The molecule has 2 N–H and O–H groups in total. The molecule has 5 nitrogen and oxygen atoms in total. The Kier molecular flexibility index (Phi) is 2.68. The van der Waals surface area contributed by atoms with Crippen LogP contribution in [0.4, 0.5) is 5.69 Å². The first-order valence-corrected chi connectivity index (χ1v) is 6.00. The maximum absolute atomic E-state index is 5.87. The van der Waals surface area contributed by atoms with Gasteiger partial charge in [-0.3, -0.25) is 0 Å². The van der Waals surface area contributed by atoms with Crippen molar-refractivity contribution < 1.29 is 4.74 Å². The second-order valence-electron chi connectivity index (χ2n) is 4.54. The van der Waals surface area contributed by atoms with E-state index in [0.29, 0.717) is 11.6 Å². The summed E-state index contributed by atoms with van der Waals surface area (Å²) in [6.07, 6.45) is 2.20. The van der Waals surface area contributed by atoms with Crippen molar-refractivity contribution in [2.24, 2.45) is 5.92 Å². The Morgan fingerprint density at radius 3 is 3.00 bits per heavy atom. The highest BCUT2D eigenvalue weighted by atomic mass is 16.5. The summed E-state index contributed by atoms with van der Waals surface area (Å²) in [5.41, 5.74) is 8.39. The molecule has 3 rings (SSSR count). The molecule has 1 aromatic carbocycles. The predicted octanol–water partition coefficient (Wildman–Crippen LogP) is 1.44. The zero-order valence-corrected chi connectivity index (χ0v) is 9.67. The minimum absolute atomic E-state index is 0.634. The molecule has 0 aliphatic carbocycles. The van der Waals surface area contributed by atoms with E-state index < -0.39 is 0 Å². The molecule has 0 unspecified atom stereocenters. The van der Waals surface area contributed by atoms with E-state index in [1.165, 1.54) is 0 Å². The van der Waals surface area contributed by atoms with Crippen molar-refractivity contribution in [1.29, 1.82) is 0 Å². The van der Waals surface area contributed by atoms with Gasteiger partial charge in [0.25, 0.3) is 0 Å². The second-order valence-corrected chi connectivity index (χ2v) is 4.54. The lowest BCUT2D eigenvalue weighted by Crippen LogP contribution is -2.20. The molecule has 2 aromatic rings. The molecule has 17 heavy (non-hydrogen) atoms. The quantitative estimate of drug-likeness (QED) is 0.796. The summed E-state index contributed by atoms with van der Waals surface area (Å²) in [5, 5.41) is 8.34. The highest BCUT2D eigenvalue weighted by molar-refractivity contribution is 5.86. The number of hydrogen-bond acceptors (Lipinski definition) is 4. The van der Waals surface area contributed by atoms with Gasteiger partial charge in [-0.1, -0.05) is 11.3 Å². The standard InChI is InChI=1S/C12H16N4O/c13-10-2-1-3-11-12(10)14-15-16(11)8-9-4-6-17-7-5-9/h1-3,9H,4-8,13H2. The van der Waals surface area contributed by atoms with Gasteiger partial charge in [-0.2, -0.15) is 0 Å². The number of ether oxygens (including phenoxy) is 1. The van der Waals surface area contributed by atoms with Crippen LogP contribution in [0.1, 0.15) is 12.8 Å². The largest absolute Gasteiger partial charge is 0.397 e. The summed E-state index contributed by atoms with van der Waals surface area (Å²) in [7, 11) is 0. The lowest BCUT2D eigenvalue weighted by atomic mass is 10.0. The van der Waals surface area contributed by atoms with Crippen LogP contribution in [-0.4, -0.2) is 28.2 Å². The molecule has 1 aliphatic heterocycles. The van der Waals surface area contributed by atoms with Gasteiger partial charge in [-0.15, -0.1) is 5.10 Å². The molecule has 0 atom stereocenters. The average molecular weight is 232 g/mol. The molecule has 0 radical (unpaired) electrons. The van der Waals surface area contributed by atoms with Crippen molar-refractivity contribution in [3.05, 3.63) is 18.2 Å². The number of anilines is 1. The van der Waals surface area contributed by atoms with Crippen LogP contribution < -0.4 is 5.73 Å². The van der Waals surface area contributed by atoms with Gasteiger partial charge in [0.05, 0.1) is 11.2 Å². The third kappa shape index (κ3) is 1.98. The van der Waals surface area contributed by atoms with E-state index >= 15 is 0 Å². The molecule has 1 saturated heterocycles. The van der Waals surface area contributed by atoms with E-state index in [2.05, 4.69) is 10.3 Å². The van der Waals surface area contributed by atoms with Crippen LogP contribution in [0, 0.1) is 5.92 Å². The molecule has 0 spiro atoms. The van der Waals surface area contributed by atoms with Crippen LogP contribution in [0.5, 0.6) is 0 Å². The highest BCUT2D eigenvalue weighted by Crippen LogP contribution is 2.21. The number of fused-ring (bicyclic) bond motifs is 1.